The van der Waals surface area contributed by atoms with Crippen molar-refractivity contribution in [2.75, 3.05) is 6.54 Å². The molecular formula is C11H19N3O. The van der Waals surface area contributed by atoms with Gasteiger partial charge in [0.2, 0.25) is 0 Å². The molecule has 1 aliphatic rings. The summed E-state index contributed by atoms with van der Waals surface area (Å²) in [5.41, 5.74) is 0. The van der Waals surface area contributed by atoms with E-state index in [9.17, 15) is 0 Å². The molecule has 2 rings (SSSR count). The Morgan fingerprint density at radius 3 is 3.07 bits per heavy atom. The molecule has 4 nitrogen and oxygen atoms in total. The third kappa shape index (κ3) is 2.79. The normalized spacial score (nSPS) is 26.0. The number of nitrogens with zero attached hydrogens (tertiary/aromatic N) is 2. The first-order chi connectivity index (χ1) is 7.25. The van der Waals surface area contributed by atoms with Crippen LogP contribution in [-0.4, -0.2) is 28.3 Å². The molecule has 15 heavy (non-hydrogen) atoms. The lowest BCUT2D eigenvalue weighted by molar-refractivity contribution is 0.0558. The Kier molecular flexibility index (Phi) is 3.38. The summed E-state index contributed by atoms with van der Waals surface area (Å²) in [6, 6.07) is 0. The van der Waals surface area contributed by atoms with Crippen molar-refractivity contribution in [1.29, 1.82) is 0 Å². The molecule has 0 amide bonds. The molecule has 0 aliphatic carbocycles. The first-order valence-corrected chi connectivity index (χ1v) is 5.58. The maximum Gasteiger partial charge on any atom is 0.122 e. The SMILES string of the molecule is CC1CCC(CNCc2nccn2C)O1. The van der Waals surface area contributed by atoms with E-state index in [1.54, 1.807) is 0 Å². The fraction of sp³-hybridized carbons (Fsp3) is 0.727. The van der Waals surface area contributed by atoms with Crippen LogP contribution >= 0.6 is 0 Å². The number of rotatable bonds is 4. The van der Waals surface area contributed by atoms with E-state index in [4.69, 9.17) is 4.74 Å². The molecule has 1 N–H and O–H groups in total. The van der Waals surface area contributed by atoms with Crippen LogP contribution in [0, 0.1) is 0 Å². The maximum atomic E-state index is 5.72. The molecule has 0 radical (unpaired) electrons. The molecule has 1 aromatic rings. The summed E-state index contributed by atoms with van der Waals surface area (Å²) in [5, 5.41) is 3.38. The van der Waals surface area contributed by atoms with E-state index in [1.165, 1.54) is 12.8 Å². The highest BCUT2D eigenvalue weighted by molar-refractivity contribution is 4.90. The minimum atomic E-state index is 0.389. The number of hydrogen-bond donors (Lipinski definition) is 1. The number of hydrogen-bond acceptors (Lipinski definition) is 3. The molecule has 2 atom stereocenters. The van der Waals surface area contributed by atoms with Gasteiger partial charge in [0.05, 0.1) is 18.8 Å². The lowest BCUT2D eigenvalue weighted by atomic mass is 10.2. The summed E-state index contributed by atoms with van der Waals surface area (Å²) in [4.78, 5) is 4.25. The predicted molar refractivity (Wildman–Crippen MR) is 58.5 cm³/mol. The Bertz CT molecular complexity index is 311. The summed E-state index contributed by atoms with van der Waals surface area (Å²) in [5.74, 6) is 1.07. The number of nitrogens with one attached hydrogen (secondary N) is 1. The third-order valence-corrected chi connectivity index (χ3v) is 2.90. The molecule has 2 unspecified atom stereocenters. The van der Waals surface area contributed by atoms with Gasteiger partial charge in [-0.1, -0.05) is 0 Å². The second-order valence-electron chi connectivity index (χ2n) is 4.23. The van der Waals surface area contributed by atoms with E-state index >= 15 is 0 Å². The average Bonchev–Trinajstić information content (AvgIpc) is 2.77. The Morgan fingerprint density at radius 1 is 1.60 bits per heavy atom. The van der Waals surface area contributed by atoms with Crippen molar-refractivity contribution in [2.45, 2.75) is 38.5 Å². The standard InChI is InChI=1S/C11H19N3O/c1-9-3-4-10(15-9)7-12-8-11-13-5-6-14(11)2/h5-6,9-10,12H,3-4,7-8H2,1-2H3. The van der Waals surface area contributed by atoms with Crippen LogP contribution in [-0.2, 0) is 18.3 Å². The highest BCUT2D eigenvalue weighted by atomic mass is 16.5. The van der Waals surface area contributed by atoms with Gasteiger partial charge in [-0.05, 0) is 19.8 Å². The zero-order chi connectivity index (χ0) is 10.7. The average molecular weight is 209 g/mol. The molecule has 1 aliphatic heterocycles. The molecule has 2 heterocycles. The van der Waals surface area contributed by atoms with Crippen molar-refractivity contribution in [2.24, 2.45) is 7.05 Å². The van der Waals surface area contributed by atoms with Gasteiger partial charge in [-0.3, -0.25) is 0 Å². The molecule has 4 heteroatoms. The summed E-state index contributed by atoms with van der Waals surface area (Å²) in [6.45, 7) is 3.88. The topological polar surface area (TPSA) is 39.1 Å². The Hall–Kier alpha value is -0.870. The van der Waals surface area contributed by atoms with Crippen molar-refractivity contribution in [3.05, 3.63) is 18.2 Å². The van der Waals surface area contributed by atoms with E-state index < -0.39 is 0 Å². The zero-order valence-electron chi connectivity index (χ0n) is 9.44. The first kappa shape index (κ1) is 10.6. The molecule has 0 bridgehead atoms. The van der Waals surface area contributed by atoms with E-state index in [0.29, 0.717) is 12.2 Å². The second-order valence-corrected chi connectivity index (χ2v) is 4.23. The Labute approximate surface area is 90.6 Å². The van der Waals surface area contributed by atoms with Crippen LogP contribution in [0.15, 0.2) is 12.4 Å². The van der Waals surface area contributed by atoms with Crippen LogP contribution in [0.2, 0.25) is 0 Å². The monoisotopic (exact) mass is 209 g/mol. The lowest BCUT2D eigenvalue weighted by Gasteiger charge is -2.11. The van der Waals surface area contributed by atoms with Crippen molar-refractivity contribution < 1.29 is 4.74 Å². The van der Waals surface area contributed by atoms with Crippen LogP contribution < -0.4 is 5.32 Å². The van der Waals surface area contributed by atoms with Crippen LogP contribution in [0.25, 0.3) is 0 Å². The summed E-state index contributed by atoms with van der Waals surface area (Å²) in [7, 11) is 2.01. The van der Waals surface area contributed by atoms with Crippen molar-refractivity contribution in [1.82, 2.24) is 14.9 Å². The van der Waals surface area contributed by atoms with Crippen molar-refractivity contribution >= 4 is 0 Å². The second kappa shape index (κ2) is 4.77. The highest BCUT2D eigenvalue weighted by Gasteiger charge is 2.20. The molecular weight excluding hydrogens is 190 g/mol. The minimum Gasteiger partial charge on any atom is -0.374 e. The smallest absolute Gasteiger partial charge is 0.122 e. The van der Waals surface area contributed by atoms with Gasteiger partial charge >= 0.3 is 0 Å². The van der Waals surface area contributed by atoms with E-state index in [2.05, 4.69) is 17.2 Å². The van der Waals surface area contributed by atoms with Crippen molar-refractivity contribution in [3.63, 3.8) is 0 Å². The highest BCUT2D eigenvalue weighted by Crippen LogP contribution is 2.18. The fourth-order valence-electron chi connectivity index (χ4n) is 1.95. The number of ether oxygens (including phenoxy) is 1. The van der Waals surface area contributed by atoms with Gasteiger partial charge in [0, 0.05) is 26.0 Å². The van der Waals surface area contributed by atoms with Gasteiger partial charge in [-0.25, -0.2) is 4.98 Å². The van der Waals surface area contributed by atoms with Gasteiger partial charge in [0.25, 0.3) is 0 Å². The number of aryl methyl sites for hydroxylation is 1. The van der Waals surface area contributed by atoms with Crippen LogP contribution in [0.1, 0.15) is 25.6 Å². The molecule has 1 fully saturated rings. The lowest BCUT2D eigenvalue weighted by Crippen LogP contribution is -2.27. The minimum absolute atomic E-state index is 0.389. The van der Waals surface area contributed by atoms with Gasteiger partial charge in [0.1, 0.15) is 5.82 Å². The van der Waals surface area contributed by atoms with Gasteiger partial charge in [0.15, 0.2) is 0 Å². The van der Waals surface area contributed by atoms with Crippen LogP contribution in [0.3, 0.4) is 0 Å². The summed E-state index contributed by atoms with van der Waals surface area (Å²) in [6.07, 6.45) is 6.98. The van der Waals surface area contributed by atoms with Crippen LogP contribution in [0.5, 0.6) is 0 Å². The summed E-state index contributed by atoms with van der Waals surface area (Å²) >= 11 is 0. The third-order valence-electron chi connectivity index (χ3n) is 2.90. The maximum absolute atomic E-state index is 5.72. The molecule has 1 aromatic heterocycles. The van der Waals surface area contributed by atoms with Gasteiger partial charge in [-0.2, -0.15) is 0 Å². The fourth-order valence-corrected chi connectivity index (χ4v) is 1.95. The van der Waals surface area contributed by atoms with E-state index in [-0.39, 0.29) is 0 Å². The predicted octanol–water partition coefficient (Wildman–Crippen LogP) is 1.08. The summed E-state index contributed by atoms with van der Waals surface area (Å²) < 4.78 is 7.75. The Morgan fingerprint density at radius 2 is 2.47 bits per heavy atom. The Balaban J connectivity index is 1.69. The molecule has 0 spiro atoms. The molecule has 1 saturated heterocycles. The van der Waals surface area contributed by atoms with E-state index in [0.717, 1.165) is 18.9 Å². The quantitative estimate of drug-likeness (QED) is 0.806. The zero-order valence-corrected chi connectivity index (χ0v) is 9.44. The van der Waals surface area contributed by atoms with Gasteiger partial charge in [-0.15, -0.1) is 0 Å². The van der Waals surface area contributed by atoms with Gasteiger partial charge < -0.3 is 14.6 Å². The largest absolute Gasteiger partial charge is 0.374 e. The number of aromatic nitrogens is 2. The first-order valence-electron chi connectivity index (χ1n) is 5.58. The van der Waals surface area contributed by atoms with Crippen LogP contribution in [0.4, 0.5) is 0 Å². The van der Waals surface area contributed by atoms with Crippen molar-refractivity contribution in [3.8, 4) is 0 Å². The number of imidazole rings is 1. The molecule has 0 saturated carbocycles. The van der Waals surface area contributed by atoms with E-state index in [1.807, 2.05) is 24.0 Å². The molecule has 0 aromatic carbocycles. The molecule has 84 valence electrons.